The van der Waals surface area contributed by atoms with E-state index in [0.29, 0.717) is 31.6 Å². The van der Waals surface area contributed by atoms with E-state index >= 15 is 0 Å². The molecule has 0 saturated carbocycles. The summed E-state index contributed by atoms with van der Waals surface area (Å²) in [6, 6.07) is 0. The molecule has 2 unspecified atom stereocenters. The second-order valence-corrected chi connectivity index (χ2v) is 32.0. The van der Waals surface area contributed by atoms with Crippen molar-refractivity contribution in [3.63, 3.8) is 0 Å². The Balaban J connectivity index is 5.24. The summed E-state index contributed by atoms with van der Waals surface area (Å²) in [5, 5.41) is 10.6. The van der Waals surface area contributed by atoms with Crippen LogP contribution in [-0.2, 0) is 65.4 Å². The number of carbonyl (C=O) groups is 4. The lowest BCUT2D eigenvalue weighted by molar-refractivity contribution is -0.161. The third kappa shape index (κ3) is 73.6. The summed E-state index contributed by atoms with van der Waals surface area (Å²) in [7, 11) is -9.93. The van der Waals surface area contributed by atoms with E-state index in [9.17, 15) is 43.2 Å². The van der Waals surface area contributed by atoms with Gasteiger partial charge in [0.1, 0.15) is 19.3 Å². The molecule has 0 aromatic heterocycles. The van der Waals surface area contributed by atoms with Gasteiger partial charge in [-0.2, -0.15) is 0 Å². The molecule has 0 saturated heterocycles. The van der Waals surface area contributed by atoms with Crippen LogP contribution in [0.25, 0.3) is 0 Å². The number of aliphatic hydroxyl groups is 1. The summed E-state index contributed by atoms with van der Waals surface area (Å²) in [6.45, 7) is 9.51. The van der Waals surface area contributed by atoms with E-state index in [-0.39, 0.29) is 25.7 Å². The normalized spacial score (nSPS) is 14.1. The first-order valence-corrected chi connectivity index (χ1v) is 43.8. The number of hydrogen-bond acceptors (Lipinski definition) is 15. The van der Waals surface area contributed by atoms with Crippen molar-refractivity contribution in [2.45, 2.75) is 413 Å². The molecular weight excluding hydrogens is 1290 g/mol. The summed E-state index contributed by atoms with van der Waals surface area (Å²) in [6.07, 6.45) is 63.4. The Morgan fingerprint density at radius 3 is 0.828 bits per heavy atom. The highest BCUT2D eigenvalue weighted by molar-refractivity contribution is 7.47. The number of phosphoric acid groups is 2. The molecule has 0 aliphatic carbocycles. The number of phosphoric ester groups is 2. The van der Waals surface area contributed by atoms with Crippen molar-refractivity contribution >= 4 is 39.5 Å². The van der Waals surface area contributed by atoms with E-state index in [1.165, 1.54) is 186 Å². The molecule has 0 aromatic carbocycles. The van der Waals surface area contributed by atoms with Gasteiger partial charge in [0.05, 0.1) is 26.4 Å². The summed E-state index contributed by atoms with van der Waals surface area (Å²) < 4.78 is 68.6. The summed E-state index contributed by atoms with van der Waals surface area (Å²) in [5.41, 5.74) is 0. The molecule has 5 atom stereocenters. The van der Waals surface area contributed by atoms with E-state index < -0.39 is 97.5 Å². The molecule has 0 rings (SSSR count). The van der Waals surface area contributed by atoms with E-state index in [1.54, 1.807) is 0 Å². The van der Waals surface area contributed by atoms with Gasteiger partial charge in [0.2, 0.25) is 0 Å². The first kappa shape index (κ1) is 96.5. The smallest absolute Gasteiger partial charge is 0.462 e. The standard InChI is InChI=1S/C80H152O17P2/c1-7-9-11-13-15-17-19-21-27-32-35-39-43-50-56-62-77(82)90-68-75(96-79(84)65-59-53-45-41-37-33-29-26-24-23-25-28-30-34-38-42-48-54-60-72(3)4)70-94-98(86,87)92-66-74(81)67-93-99(88,89)95-71-76(69-91-78(83)63-57-51-47-46-49-55-61-73(5)6)97-80(85)64-58-52-44-40-36-31-22-20-18-16-14-12-10-8-2/h17,19,21,27,72-76,81H,7-16,18,20,22-26,28-71H2,1-6H3,(H,86,87)(H,88,89)/b19-17-,27-21-/t74-,75-,76-/m1/s1. The van der Waals surface area contributed by atoms with Gasteiger partial charge in [-0.1, -0.05) is 342 Å². The molecule has 0 heterocycles. The van der Waals surface area contributed by atoms with Gasteiger partial charge in [-0.05, 0) is 63.2 Å². The number of esters is 4. The Kier molecular flexibility index (Phi) is 69.4. The molecule has 0 bridgehead atoms. The highest BCUT2D eigenvalue weighted by Gasteiger charge is 2.30. The summed E-state index contributed by atoms with van der Waals surface area (Å²) in [5.74, 6) is -0.646. The van der Waals surface area contributed by atoms with Crippen molar-refractivity contribution in [1.82, 2.24) is 0 Å². The van der Waals surface area contributed by atoms with Gasteiger partial charge in [-0.15, -0.1) is 0 Å². The molecule has 99 heavy (non-hydrogen) atoms. The van der Waals surface area contributed by atoms with Gasteiger partial charge in [-0.3, -0.25) is 37.3 Å². The Hall–Kier alpha value is -2.46. The minimum Gasteiger partial charge on any atom is -0.462 e. The van der Waals surface area contributed by atoms with Gasteiger partial charge in [-0.25, -0.2) is 9.13 Å². The number of aliphatic hydroxyl groups excluding tert-OH is 1. The van der Waals surface area contributed by atoms with E-state index in [2.05, 4.69) is 65.8 Å². The van der Waals surface area contributed by atoms with E-state index in [0.717, 1.165) is 121 Å². The van der Waals surface area contributed by atoms with Crippen molar-refractivity contribution in [1.29, 1.82) is 0 Å². The second-order valence-electron chi connectivity index (χ2n) is 29.1. The van der Waals surface area contributed by atoms with Crippen LogP contribution in [0, 0.1) is 11.8 Å². The van der Waals surface area contributed by atoms with Crippen molar-refractivity contribution in [3.05, 3.63) is 24.3 Å². The number of allylic oxidation sites excluding steroid dienone is 4. The Bertz CT molecular complexity index is 2000. The third-order valence-electron chi connectivity index (χ3n) is 18.1. The van der Waals surface area contributed by atoms with Crippen molar-refractivity contribution in [2.24, 2.45) is 11.8 Å². The molecule has 0 aliphatic rings. The zero-order chi connectivity index (χ0) is 72.8. The van der Waals surface area contributed by atoms with E-state index in [1.807, 2.05) is 0 Å². The Morgan fingerprint density at radius 1 is 0.313 bits per heavy atom. The molecule has 0 aromatic rings. The number of carbonyl (C=O) groups excluding carboxylic acids is 4. The lowest BCUT2D eigenvalue weighted by Gasteiger charge is -2.21. The first-order chi connectivity index (χ1) is 47.9. The fourth-order valence-corrected chi connectivity index (χ4v) is 13.4. The zero-order valence-electron chi connectivity index (χ0n) is 64.3. The molecule has 3 N–H and O–H groups in total. The Morgan fingerprint density at radius 2 is 0.545 bits per heavy atom. The average molecular weight is 1450 g/mol. The fraction of sp³-hybridized carbons (Fsp3) is 0.900. The van der Waals surface area contributed by atoms with Crippen molar-refractivity contribution in [2.75, 3.05) is 39.6 Å². The minimum atomic E-state index is -4.97. The molecule has 0 fully saturated rings. The Labute approximate surface area is 605 Å². The molecule has 19 heteroatoms. The molecule has 584 valence electrons. The average Bonchev–Trinajstić information content (AvgIpc) is 1.03. The summed E-state index contributed by atoms with van der Waals surface area (Å²) in [4.78, 5) is 72.9. The lowest BCUT2D eigenvalue weighted by Crippen LogP contribution is -2.30. The van der Waals surface area contributed by atoms with Gasteiger partial charge in [0.25, 0.3) is 0 Å². The SMILES string of the molecule is CCCCCC/C=C\C=C/CCCCCCCC(=O)OC[C@H](COP(=O)(O)OC[C@@H](O)COP(=O)(O)OC[C@@H](COC(=O)CCCCCCCCC(C)C)OC(=O)CCCCCCCCCCCCCCCC)OC(=O)CCCCCCCCCCCCCCCCCCCCC(C)C. The van der Waals surface area contributed by atoms with Gasteiger partial charge in [0, 0.05) is 25.7 Å². The predicted molar refractivity (Wildman–Crippen MR) is 404 cm³/mol. The predicted octanol–water partition coefficient (Wildman–Crippen LogP) is 23.4. The third-order valence-corrected chi connectivity index (χ3v) is 20.0. The van der Waals surface area contributed by atoms with E-state index in [4.69, 9.17) is 37.0 Å². The van der Waals surface area contributed by atoms with Crippen LogP contribution in [0.15, 0.2) is 24.3 Å². The molecular formula is C80H152O17P2. The van der Waals surface area contributed by atoms with Crippen LogP contribution in [0.5, 0.6) is 0 Å². The lowest BCUT2D eigenvalue weighted by atomic mass is 10.0. The first-order valence-electron chi connectivity index (χ1n) is 40.8. The van der Waals surface area contributed by atoms with Crippen LogP contribution in [0.4, 0.5) is 0 Å². The quantitative estimate of drug-likeness (QED) is 0.0169. The molecule has 0 radical (unpaired) electrons. The van der Waals surface area contributed by atoms with Gasteiger partial charge in [0.15, 0.2) is 12.2 Å². The number of hydrogen-bond donors (Lipinski definition) is 3. The molecule has 0 spiro atoms. The highest BCUT2D eigenvalue weighted by Crippen LogP contribution is 2.45. The minimum absolute atomic E-state index is 0.101. The second kappa shape index (κ2) is 71.2. The van der Waals surface area contributed by atoms with Gasteiger partial charge >= 0.3 is 39.5 Å². The van der Waals surface area contributed by atoms with Crippen LogP contribution in [0.1, 0.15) is 395 Å². The zero-order valence-corrected chi connectivity index (χ0v) is 66.1. The largest absolute Gasteiger partial charge is 0.472 e. The molecule has 0 amide bonds. The van der Waals surface area contributed by atoms with Crippen LogP contribution in [0.3, 0.4) is 0 Å². The maximum atomic E-state index is 13.1. The van der Waals surface area contributed by atoms with Crippen molar-refractivity contribution in [3.8, 4) is 0 Å². The topological polar surface area (TPSA) is 237 Å². The maximum Gasteiger partial charge on any atom is 0.472 e. The number of rotatable bonds is 77. The van der Waals surface area contributed by atoms with Gasteiger partial charge < -0.3 is 33.8 Å². The molecule has 0 aliphatic heterocycles. The van der Waals surface area contributed by atoms with Crippen molar-refractivity contribution < 1.29 is 80.2 Å². The fourth-order valence-electron chi connectivity index (χ4n) is 11.8. The van der Waals surface area contributed by atoms with Crippen LogP contribution in [-0.4, -0.2) is 96.7 Å². The summed E-state index contributed by atoms with van der Waals surface area (Å²) >= 11 is 0. The van der Waals surface area contributed by atoms with Crippen LogP contribution >= 0.6 is 15.6 Å². The molecule has 17 nitrogen and oxygen atoms in total. The van der Waals surface area contributed by atoms with Crippen LogP contribution in [0.2, 0.25) is 0 Å². The van der Waals surface area contributed by atoms with Crippen LogP contribution < -0.4 is 0 Å². The number of unbranched alkanes of at least 4 members (excludes halogenated alkanes) is 44. The highest BCUT2D eigenvalue weighted by atomic mass is 31.2. The number of ether oxygens (including phenoxy) is 4. The monoisotopic (exact) mass is 1450 g/mol. The maximum absolute atomic E-state index is 13.1.